The molecule has 2 heterocycles. The van der Waals surface area contributed by atoms with Gasteiger partial charge in [-0.25, -0.2) is 4.98 Å². The van der Waals surface area contributed by atoms with Gasteiger partial charge in [0.1, 0.15) is 0 Å². The third-order valence-electron chi connectivity index (χ3n) is 3.53. The normalized spacial score (nSPS) is 12.9. The van der Waals surface area contributed by atoms with Crippen LogP contribution in [0.3, 0.4) is 0 Å². The molecule has 0 aromatic carbocycles. The third kappa shape index (κ3) is 3.21. The Bertz CT molecular complexity index is 648. The number of carbonyl (C=O) groups is 1. The fourth-order valence-electron chi connectivity index (χ4n) is 2.03. The summed E-state index contributed by atoms with van der Waals surface area (Å²) < 4.78 is 5.22. The number of pyridine rings is 1. The predicted octanol–water partition coefficient (Wildman–Crippen LogP) is 1.99. The van der Waals surface area contributed by atoms with E-state index in [0.29, 0.717) is 28.9 Å². The summed E-state index contributed by atoms with van der Waals surface area (Å²) in [7, 11) is 1.86. The molecule has 6 nitrogen and oxygen atoms in total. The van der Waals surface area contributed by atoms with Gasteiger partial charge in [0.2, 0.25) is 0 Å². The molecule has 2 aromatic rings. The second kappa shape index (κ2) is 6.22. The minimum atomic E-state index is -0.127. The Balaban J connectivity index is 2.40. The number of rotatable bonds is 5. The fourth-order valence-corrected chi connectivity index (χ4v) is 2.03. The van der Waals surface area contributed by atoms with Gasteiger partial charge < -0.3 is 15.2 Å². The highest BCUT2D eigenvalue weighted by atomic mass is 16.5. The molecule has 6 heteroatoms. The number of fused-ring (bicyclic) bond motifs is 1. The molecule has 0 radical (unpaired) electrons. The van der Waals surface area contributed by atoms with E-state index >= 15 is 0 Å². The zero-order valence-electron chi connectivity index (χ0n) is 13.2. The number of nitrogens with one attached hydrogen (secondary N) is 2. The van der Waals surface area contributed by atoms with E-state index in [2.05, 4.69) is 20.8 Å². The molecule has 2 rings (SSSR count). The van der Waals surface area contributed by atoms with Crippen molar-refractivity contribution in [1.82, 2.24) is 20.8 Å². The van der Waals surface area contributed by atoms with Crippen LogP contribution in [-0.2, 0) is 0 Å². The van der Waals surface area contributed by atoms with Crippen LogP contribution in [0.1, 0.15) is 48.4 Å². The second-order valence-electron chi connectivity index (χ2n) is 5.60. The van der Waals surface area contributed by atoms with E-state index in [1.807, 2.05) is 40.8 Å². The molecular formula is C15H22N4O2. The summed E-state index contributed by atoms with van der Waals surface area (Å²) in [5.74, 6) is 0.0836. The van der Waals surface area contributed by atoms with Crippen LogP contribution in [0.5, 0.6) is 0 Å². The molecule has 0 aliphatic carbocycles. The smallest absolute Gasteiger partial charge is 0.259 e. The van der Waals surface area contributed by atoms with Gasteiger partial charge in [-0.15, -0.1) is 0 Å². The van der Waals surface area contributed by atoms with E-state index < -0.39 is 0 Å². The molecule has 0 aliphatic heterocycles. The van der Waals surface area contributed by atoms with Crippen molar-refractivity contribution in [2.45, 2.75) is 39.7 Å². The maximum atomic E-state index is 12.5. The van der Waals surface area contributed by atoms with Gasteiger partial charge in [0.05, 0.1) is 16.6 Å². The monoisotopic (exact) mass is 290 g/mol. The Hall–Kier alpha value is -1.95. The standard InChI is InChI=1S/C15H22N4O2/c1-8(2)12-6-11(14(20)17-7-9(3)16-5)13-10(4)19-21-15(13)18-12/h6,8-9,16H,7H2,1-5H3,(H,17,20). The predicted molar refractivity (Wildman–Crippen MR) is 81.5 cm³/mol. The lowest BCUT2D eigenvalue weighted by Gasteiger charge is -2.13. The highest BCUT2D eigenvalue weighted by Gasteiger charge is 2.19. The van der Waals surface area contributed by atoms with Crippen LogP contribution >= 0.6 is 0 Å². The van der Waals surface area contributed by atoms with Crippen molar-refractivity contribution in [3.8, 4) is 0 Å². The van der Waals surface area contributed by atoms with Gasteiger partial charge in [-0.3, -0.25) is 4.79 Å². The highest BCUT2D eigenvalue weighted by Crippen LogP contribution is 2.24. The largest absolute Gasteiger partial charge is 0.350 e. The van der Waals surface area contributed by atoms with E-state index in [4.69, 9.17) is 4.52 Å². The number of aryl methyl sites for hydroxylation is 1. The summed E-state index contributed by atoms with van der Waals surface area (Å²) in [6.07, 6.45) is 0. The van der Waals surface area contributed by atoms with E-state index in [-0.39, 0.29) is 17.9 Å². The van der Waals surface area contributed by atoms with Crippen molar-refractivity contribution in [3.63, 3.8) is 0 Å². The number of aromatic nitrogens is 2. The van der Waals surface area contributed by atoms with Crippen molar-refractivity contribution in [2.75, 3.05) is 13.6 Å². The van der Waals surface area contributed by atoms with Crippen LogP contribution < -0.4 is 10.6 Å². The molecule has 1 unspecified atom stereocenters. The Labute approximate surface area is 124 Å². The van der Waals surface area contributed by atoms with Crippen LogP contribution in [-0.4, -0.2) is 35.7 Å². The SMILES string of the molecule is CNC(C)CNC(=O)c1cc(C(C)C)nc2onc(C)c12. The van der Waals surface area contributed by atoms with Crippen molar-refractivity contribution in [3.05, 3.63) is 23.0 Å². The first-order valence-corrected chi connectivity index (χ1v) is 7.16. The van der Waals surface area contributed by atoms with E-state index in [0.717, 1.165) is 5.69 Å². The van der Waals surface area contributed by atoms with Crippen molar-refractivity contribution >= 4 is 17.0 Å². The average Bonchev–Trinajstić information content (AvgIpc) is 2.84. The van der Waals surface area contributed by atoms with Crippen LogP contribution in [0, 0.1) is 6.92 Å². The number of hydrogen-bond donors (Lipinski definition) is 2. The summed E-state index contributed by atoms with van der Waals surface area (Å²) in [6, 6.07) is 2.04. The molecular weight excluding hydrogens is 268 g/mol. The summed E-state index contributed by atoms with van der Waals surface area (Å²) >= 11 is 0. The maximum Gasteiger partial charge on any atom is 0.259 e. The molecule has 0 spiro atoms. The van der Waals surface area contributed by atoms with Gasteiger partial charge >= 0.3 is 0 Å². The molecule has 2 N–H and O–H groups in total. The molecule has 0 bridgehead atoms. The van der Waals surface area contributed by atoms with Crippen LogP contribution in [0.15, 0.2) is 10.6 Å². The van der Waals surface area contributed by atoms with Crippen molar-refractivity contribution in [2.24, 2.45) is 0 Å². The van der Waals surface area contributed by atoms with Gasteiger partial charge in [0, 0.05) is 18.3 Å². The quantitative estimate of drug-likeness (QED) is 0.880. The first kappa shape index (κ1) is 15.4. The first-order valence-electron chi connectivity index (χ1n) is 7.16. The van der Waals surface area contributed by atoms with E-state index in [1.54, 1.807) is 0 Å². The summed E-state index contributed by atoms with van der Waals surface area (Å²) in [5.41, 5.74) is 2.50. The Morgan fingerprint density at radius 1 is 1.38 bits per heavy atom. The number of nitrogens with zero attached hydrogens (tertiary/aromatic N) is 2. The zero-order chi connectivity index (χ0) is 15.6. The van der Waals surface area contributed by atoms with Gasteiger partial charge in [-0.2, -0.15) is 0 Å². The van der Waals surface area contributed by atoms with Gasteiger partial charge in [0.25, 0.3) is 11.6 Å². The van der Waals surface area contributed by atoms with Crippen molar-refractivity contribution in [1.29, 1.82) is 0 Å². The first-order chi connectivity index (χ1) is 9.93. The molecule has 114 valence electrons. The maximum absolute atomic E-state index is 12.5. The summed E-state index contributed by atoms with van der Waals surface area (Å²) in [6.45, 7) is 8.44. The molecule has 21 heavy (non-hydrogen) atoms. The number of amides is 1. The lowest BCUT2D eigenvalue weighted by molar-refractivity contribution is 0.0952. The topological polar surface area (TPSA) is 80.0 Å². The van der Waals surface area contributed by atoms with E-state index in [9.17, 15) is 4.79 Å². The molecule has 1 atom stereocenters. The van der Waals surface area contributed by atoms with Crippen molar-refractivity contribution < 1.29 is 9.32 Å². The lowest BCUT2D eigenvalue weighted by atomic mass is 10.0. The van der Waals surface area contributed by atoms with Gasteiger partial charge in [-0.1, -0.05) is 19.0 Å². The Morgan fingerprint density at radius 3 is 2.71 bits per heavy atom. The zero-order valence-corrected chi connectivity index (χ0v) is 13.2. The highest BCUT2D eigenvalue weighted by molar-refractivity contribution is 6.06. The fraction of sp³-hybridized carbons (Fsp3) is 0.533. The molecule has 1 amide bonds. The molecule has 0 saturated carbocycles. The van der Waals surface area contributed by atoms with Crippen LogP contribution in [0.2, 0.25) is 0 Å². The lowest BCUT2D eigenvalue weighted by Crippen LogP contribution is -2.37. The Morgan fingerprint density at radius 2 is 2.10 bits per heavy atom. The van der Waals surface area contributed by atoms with Gasteiger partial charge in [-0.05, 0) is 32.9 Å². The third-order valence-corrected chi connectivity index (χ3v) is 3.53. The number of likely N-dealkylation sites (N-methyl/N-ethyl adjacent to an activating group) is 1. The van der Waals surface area contributed by atoms with Crippen LogP contribution in [0.25, 0.3) is 11.1 Å². The average molecular weight is 290 g/mol. The minimum absolute atomic E-state index is 0.127. The minimum Gasteiger partial charge on any atom is -0.350 e. The molecule has 0 aliphatic rings. The van der Waals surface area contributed by atoms with Crippen LogP contribution in [0.4, 0.5) is 0 Å². The molecule has 0 saturated heterocycles. The number of carbonyl (C=O) groups excluding carboxylic acids is 1. The molecule has 0 fully saturated rings. The van der Waals surface area contributed by atoms with E-state index in [1.165, 1.54) is 0 Å². The van der Waals surface area contributed by atoms with Gasteiger partial charge in [0.15, 0.2) is 0 Å². The molecule has 2 aromatic heterocycles. The summed E-state index contributed by atoms with van der Waals surface area (Å²) in [5, 5.41) is 10.6. The second-order valence-corrected chi connectivity index (χ2v) is 5.60. The summed E-state index contributed by atoms with van der Waals surface area (Å²) in [4.78, 5) is 16.9. The number of hydrogen-bond acceptors (Lipinski definition) is 5. The Kier molecular flexibility index (Phi) is 4.57.